The van der Waals surface area contributed by atoms with E-state index in [1.807, 2.05) is 0 Å². The lowest BCUT2D eigenvalue weighted by atomic mass is 10.1. The first-order valence-electron chi connectivity index (χ1n) is 10.0. The molecule has 1 fully saturated rings. The van der Waals surface area contributed by atoms with Crippen molar-refractivity contribution in [3.8, 4) is 0 Å². The van der Waals surface area contributed by atoms with Crippen molar-refractivity contribution in [3.05, 3.63) is 30.1 Å². The third-order valence-electron chi connectivity index (χ3n) is 4.85. The van der Waals surface area contributed by atoms with E-state index in [1.54, 1.807) is 0 Å². The Morgan fingerprint density at radius 3 is 2.38 bits per heavy atom. The second-order valence-electron chi connectivity index (χ2n) is 7.28. The van der Waals surface area contributed by atoms with Crippen LogP contribution in [0.4, 0.5) is 4.39 Å². The van der Waals surface area contributed by atoms with Gasteiger partial charge in [-0.1, -0.05) is 25.7 Å². The van der Waals surface area contributed by atoms with Crippen molar-refractivity contribution >= 4 is 21.9 Å². The van der Waals surface area contributed by atoms with E-state index in [9.17, 15) is 22.4 Å². The minimum Gasteiger partial charge on any atom is -0.453 e. The van der Waals surface area contributed by atoms with Gasteiger partial charge in [-0.15, -0.1) is 0 Å². The van der Waals surface area contributed by atoms with Crippen molar-refractivity contribution in [1.82, 2.24) is 10.0 Å². The van der Waals surface area contributed by atoms with Gasteiger partial charge in [0.25, 0.3) is 5.91 Å². The molecule has 0 heterocycles. The van der Waals surface area contributed by atoms with E-state index in [-0.39, 0.29) is 36.2 Å². The van der Waals surface area contributed by atoms with Crippen molar-refractivity contribution < 1.29 is 27.1 Å². The molecular weight excluding hydrogens is 399 g/mol. The second kappa shape index (κ2) is 11.3. The predicted molar refractivity (Wildman–Crippen MR) is 106 cm³/mol. The second-order valence-corrected chi connectivity index (χ2v) is 9.05. The molecular formula is C20H29FN2O5S. The molecule has 1 aliphatic rings. The number of carbonyl (C=O) groups excluding carboxylic acids is 2. The van der Waals surface area contributed by atoms with E-state index < -0.39 is 27.9 Å². The zero-order valence-corrected chi connectivity index (χ0v) is 17.5. The van der Waals surface area contributed by atoms with Crippen LogP contribution in [-0.4, -0.2) is 39.0 Å². The number of benzene rings is 1. The van der Waals surface area contributed by atoms with Crippen LogP contribution in [0.1, 0.15) is 58.3 Å². The van der Waals surface area contributed by atoms with Crippen LogP contribution in [0, 0.1) is 5.82 Å². The van der Waals surface area contributed by atoms with E-state index in [2.05, 4.69) is 10.0 Å². The van der Waals surface area contributed by atoms with E-state index in [4.69, 9.17) is 4.74 Å². The Morgan fingerprint density at radius 2 is 1.76 bits per heavy atom. The summed E-state index contributed by atoms with van der Waals surface area (Å²) in [6, 6.07) is 4.59. The summed E-state index contributed by atoms with van der Waals surface area (Å²) >= 11 is 0. The quantitative estimate of drug-likeness (QED) is 0.358. The number of nitrogens with one attached hydrogen (secondary N) is 2. The molecule has 2 rings (SSSR count). The average molecular weight is 429 g/mol. The van der Waals surface area contributed by atoms with Crippen LogP contribution in [0.25, 0.3) is 0 Å². The van der Waals surface area contributed by atoms with E-state index >= 15 is 0 Å². The summed E-state index contributed by atoms with van der Waals surface area (Å²) in [5.41, 5.74) is 0. The highest BCUT2D eigenvalue weighted by Crippen LogP contribution is 2.17. The summed E-state index contributed by atoms with van der Waals surface area (Å²) in [4.78, 5) is 24.1. The number of rotatable bonds is 9. The van der Waals surface area contributed by atoms with Crippen molar-refractivity contribution in [3.63, 3.8) is 0 Å². The van der Waals surface area contributed by atoms with Crippen molar-refractivity contribution in [1.29, 1.82) is 0 Å². The zero-order chi connectivity index (χ0) is 21.3. The number of hydrogen-bond acceptors (Lipinski definition) is 5. The lowest BCUT2D eigenvalue weighted by molar-refractivity contribution is -0.155. The summed E-state index contributed by atoms with van der Waals surface area (Å²) in [6.07, 6.45) is 5.75. The summed E-state index contributed by atoms with van der Waals surface area (Å²) in [7, 11) is -3.76. The molecule has 7 nitrogen and oxygen atoms in total. The van der Waals surface area contributed by atoms with Gasteiger partial charge < -0.3 is 10.1 Å². The van der Waals surface area contributed by atoms with Gasteiger partial charge >= 0.3 is 5.97 Å². The molecule has 1 amide bonds. The average Bonchev–Trinajstić information content (AvgIpc) is 2.94. The van der Waals surface area contributed by atoms with E-state index in [1.165, 1.54) is 31.9 Å². The third kappa shape index (κ3) is 8.10. The minimum absolute atomic E-state index is 0.0208. The molecule has 1 atom stereocenters. The van der Waals surface area contributed by atoms with Gasteiger partial charge in [-0.3, -0.25) is 9.59 Å². The Kier molecular flexibility index (Phi) is 9.03. The fourth-order valence-electron chi connectivity index (χ4n) is 3.19. The number of hydrogen-bond donors (Lipinski definition) is 2. The Hall–Kier alpha value is -2.00. The molecule has 0 bridgehead atoms. The van der Waals surface area contributed by atoms with Crippen LogP contribution >= 0.6 is 0 Å². The Labute approximate surface area is 171 Å². The fraction of sp³-hybridized carbons (Fsp3) is 0.600. The highest BCUT2D eigenvalue weighted by molar-refractivity contribution is 7.89. The van der Waals surface area contributed by atoms with E-state index in [0.29, 0.717) is 0 Å². The maximum absolute atomic E-state index is 12.9. The normalized spacial score (nSPS) is 16.6. The molecule has 1 aliphatic carbocycles. The van der Waals surface area contributed by atoms with Gasteiger partial charge in [0, 0.05) is 19.0 Å². The molecule has 0 aromatic heterocycles. The first-order valence-corrected chi connectivity index (χ1v) is 11.5. The Balaban J connectivity index is 1.68. The molecule has 1 aromatic carbocycles. The monoisotopic (exact) mass is 428 g/mol. The molecule has 1 aromatic rings. The van der Waals surface area contributed by atoms with Crippen molar-refractivity contribution in [2.75, 3.05) is 6.54 Å². The number of amides is 1. The highest BCUT2D eigenvalue weighted by atomic mass is 32.2. The molecule has 9 heteroatoms. The van der Waals surface area contributed by atoms with Gasteiger partial charge in [0.05, 0.1) is 4.90 Å². The number of sulfonamides is 1. The molecule has 0 unspecified atom stereocenters. The molecule has 29 heavy (non-hydrogen) atoms. The van der Waals surface area contributed by atoms with Crippen LogP contribution in [-0.2, 0) is 24.3 Å². The zero-order valence-electron chi connectivity index (χ0n) is 16.7. The predicted octanol–water partition coefficient (Wildman–Crippen LogP) is 2.65. The molecule has 0 saturated heterocycles. The Morgan fingerprint density at radius 1 is 1.14 bits per heavy atom. The smallest absolute Gasteiger partial charge is 0.306 e. The van der Waals surface area contributed by atoms with Crippen molar-refractivity contribution in [2.24, 2.45) is 0 Å². The lowest BCUT2D eigenvalue weighted by Gasteiger charge is -2.19. The van der Waals surface area contributed by atoms with Gasteiger partial charge in [-0.25, -0.2) is 17.5 Å². The van der Waals surface area contributed by atoms with Gasteiger partial charge in [-0.05, 0) is 50.5 Å². The number of halogens is 1. The largest absolute Gasteiger partial charge is 0.453 e. The summed E-state index contributed by atoms with van der Waals surface area (Å²) in [6.45, 7) is 1.55. The standard InChI is InChI=1S/C20H29FN2O5S/c1-15(20(25)23-17-7-4-2-3-5-8-17)28-19(24)9-6-14-22-29(26,27)18-12-10-16(21)11-13-18/h10-13,15,17,22H,2-9,14H2,1H3,(H,23,25)/t15-/m0/s1. The molecule has 0 spiro atoms. The van der Waals surface area contributed by atoms with Crippen LogP contribution in [0.5, 0.6) is 0 Å². The summed E-state index contributed by atoms with van der Waals surface area (Å²) < 4.78 is 44.5. The number of ether oxygens (including phenoxy) is 1. The molecule has 0 radical (unpaired) electrons. The lowest BCUT2D eigenvalue weighted by Crippen LogP contribution is -2.41. The van der Waals surface area contributed by atoms with E-state index in [0.717, 1.165) is 37.8 Å². The number of carbonyl (C=O) groups is 2. The van der Waals surface area contributed by atoms with Gasteiger partial charge in [0.2, 0.25) is 10.0 Å². The molecule has 1 saturated carbocycles. The summed E-state index contributed by atoms with van der Waals surface area (Å²) in [5, 5.41) is 2.94. The minimum atomic E-state index is -3.76. The van der Waals surface area contributed by atoms with Gasteiger partial charge in [0.15, 0.2) is 6.10 Å². The maximum Gasteiger partial charge on any atom is 0.306 e. The van der Waals surface area contributed by atoms with Crippen LogP contribution < -0.4 is 10.0 Å². The highest BCUT2D eigenvalue weighted by Gasteiger charge is 2.22. The fourth-order valence-corrected chi connectivity index (χ4v) is 4.26. The van der Waals surface area contributed by atoms with Crippen LogP contribution in [0.3, 0.4) is 0 Å². The maximum atomic E-state index is 12.9. The SMILES string of the molecule is C[C@H](OC(=O)CCCNS(=O)(=O)c1ccc(F)cc1)C(=O)NC1CCCCCC1. The third-order valence-corrected chi connectivity index (χ3v) is 6.33. The molecule has 2 N–H and O–H groups in total. The first kappa shape index (κ1) is 23.3. The topological polar surface area (TPSA) is 102 Å². The van der Waals surface area contributed by atoms with Crippen LogP contribution in [0.2, 0.25) is 0 Å². The van der Waals surface area contributed by atoms with Crippen molar-refractivity contribution in [2.45, 2.75) is 75.3 Å². The Bertz CT molecular complexity index is 775. The first-order chi connectivity index (χ1) is 13.8. The number of esters is 1. The molecule has 162 valence electrons. The van der Waals surface area contributed by atoms with Gasteiger partial charge in [-0.2, -0.15) is 0 Å². The van der Waals surface area contributed by atoms with Gasteiger partial charge in [0.1, 0.15) is 5.82 Å². The summed E-state index contributed by atoms with van der Waals surface area (Å²) in [5.74, 6) is -1.39. The van der Waals surface area contributed by atoms with Crippen LogP contribution in [0.15, 0.2) is 29.2 Å². The molecule has 0 aliphatic heterocycles.